The molecule has 0 N–H and O–H groups in total. The highest BCUT2D eigenvalue weighted by atomic mass is 16.5. The number of fused-ring (bicyclic) bond motifs is 7. The Hall–Kier alpha value is -4.82. The van der Waals surface area contributed by atoms with E-state index < -0.39 is 187 Å². The summed E-state index contributed by atoms with van der Waals surface area (Å²) in [5.74, 6) is -0.720. The van der Waals surface area contributed by atoms with Crippen LogP contribution in [0.2, 0.25) is 0 Å². The molecule has 2 heteroatoms. The Morgan fingerprint density at radius 3 is 2.21 bits per heavy atom. The minimum absolute atomic E-state index is 0.0774. The molecule has 6 aromatic carbocycles. The maximum Gasteiger partial charge on any atom is 0.131 e. The van der Waals surface area contributed by atoms with Crippen molar-refractivity contribution in [3.05, 3.63) is 138 Å². The van der Waals surface area contributed by atoms with Crippen molar-refractivity contribution in [2.45, 2.75) is 19.3 Å². The van der Waals surface area contributed by atoms with Crippen molar-refractivity contribution >= 4 is 32.6 Å². The highest BCUT2D eigenvalue weighted by molar-refractivity contribution is 6.19. The number of hydrogen-bond donors (Lipinski definition) is 0. The quantitative estimate of drug-likeness (QED) is 0.220. The van der Waals surface area contributed by atoms with Crippen molar-refractivity contribution in [1.82, 2.24) is 4.57 Å². The van der Waals surface area contributed by atoms with Crippen molar-refractivity contribution < 1.29 is 33.5 Å². The first-order chi connectivity index (χ1) is 27.9. The number of benzene rings is 6. The zero-order chi connectivity index (χ0) is 44.4. The second-order valence-corrected chi connectivity index (χ2v) is 9.39. The van der Waals surface area contributed by atoms with Gasteiger partial charge in [0, 0.05) is 38.4 Å². The molecular formula is C37H27NO. The second-order valence-electron chi connectivity index (χ2n) is 9.39. The molecule has 1 aromatic heterocycles. The van der Waals surface area contributed by atoms with E-state index in [0.29, 0.717) is 0 Å². The zero-order valence-electron chi connectivity index (χ0n) is 41.4. The van der Waals surface area contributed by atoms with Crippen LogP contribution in [0.3, 0.4) is 0 Å². The molecule has 0 radical (unpaired) electrons. The topological polar surface area (TPSA) is 14.2 Å². The van der Waals surface area contributed by atoms with Gasteiger partial charge in [0.2, 0.25) is 0 Å². The summed E-state index contributed by atoms with van der Waals surface area (Å²) in [4.78, 5) is 0. The normalized spacial score (nSPS) is 21.3. The number of aromatic nitrogens is 1. The Balaban J connectivity index is 1.63. The van der Waals surface area contributed by atoms with E-state index in [1.807, 2.05) is 0 Å². The van der Waals surface area contributed by atoms with Gasteiger partial charge < -0.3 is 9.30 Å². The number of rotatable bonds is 2. The lowest BCUT2D eigenvalue weighted by Gasteiger charge is -2.34. The first kappa shape index (κ1) is 9.73. The molecule has 0 bridgehead atoms. The molecule has 0 saturated carbocycles. The van der Waals surface area contributed by atoms with E-state index in [2.05, 4.69) is 0 Å². The average Bonchev–Trinajstić information content (AvgIpc) is 3.55. The van der Waals surface area contributed by atoms with Crippen molar-refractivity contribution in [2.75, 3.05) is 0 Å². The van der Waals surface area contributed by atoms with Crippen LogP contribution in [0.25, 0.3) is 49.4 Å². The Morgan fingerprint density at radius 1 is 0.590 bits per heavy atom. The summed E-state index contributed by atoms with van der Waals surface area (Å²) in [7, 11) is 0. The van der Waals surface area contributed by atoms with E-state index in [0.717, 1.165) is 4.57 Å². The SMILES string of the molecule is [2H]c1c([2H])c([2H])c(-n2c3c([2H])c([2H])c(-c4c([2H])c([2H])c5c(c4[2H])C(C)(C)c4c([2H])c([2H])c([2H])c([2H])c4O5)c([2H])c3c3c([2H])c([2H])c4c([2H])c([2H])c([2H])c([2H])c4c32)c([2H])c1[2H]. The largest absolute Gasteiger partial charge is 0.457 e. The monoisotopic (exact) mass is 522 g/mol. The van der Waals surface area contributed by atoms with Crippen LogP contribution in [0.15, 0.2) is 127 Å². The fraction of sp³-hybridized carbons (Fsp3) is 0.0811. The molecule has 7 aromatic rings. The maximum absolute atomic E-state index is 9.71. The molecule has 0 fully saturated rings. The van der Waals surface area contributed by atoms with Crippen LogP contribution in [0, 0.1) is 0 Å². The number of hydrogen-bond acceptors (Lipinski definition) is 1. The van der Waals surface area contributed by atoms with Crippen LogP contribution in [0.4, 0.5) is 0 Å². The van der Waals surface area contributed by atoms with Gasteiger partial charge in [-0.3, -0.25) is 0 Å². The van der Waals surface area contributed by atoms with Gasteiger partial charge in [0.1, 0.15) is 11.5 Å². The van der Waals surface area contributed by atoms with E-state index in [9.17, 15) is 6.85 Å². The van der Waals surface area contributed by atoms with Gasteiger partial charge >= 0.3 is 0 Å². The van der Waals surface area contributed by atoms with Crippen molar-refractivity contribution in [2.24, 2.45) is 0 Å². The van der Waals surface area contributed by atoms with Crippen molar-refractivity contribution in [3.63, 3.8) is 0 Å². The molecule has 0 unspecified atom stereocenters. The predicted octanol–water partition coefficient (Wildman–Crippen LogP) is 10.0. The third kappa shape index (κ3) is 3.21. The fourth-order valence-electron chi connectivity index (χ4n) is 4.94. The highest BCUT2D eigenvalue weighted by Crippen LogP contribution is 2.49. The van der Waals surface area contributed by atoms with E-state index in [4.69, 9.17) is 26.7 Å². The lowest BCUT2D eigenvalue weighted by molar-refractivity contribution is 0.418. The maximum atomic E-state index is 9.71. The molecule has 0 spiro atoms. The number of para-hydroxylation sites is 2. The molecule has 1 aliphatic heterocycles. The van der Waals surface area contributed by atoms with Crippen LogP contribution in [-0.4, -0.2) is 4.57 Å². The van der Waals surface area contributed by atoms with Gasteiger partial charge in [0.15, 0.2) is 0 Å². The predicted molar refractivity (Wildman–Crippen MR) is 162 cm³/mol. The van der Waals surface area contributed by atoms with Crippen LogP contribution in [0.5, 0.6) is 11.5 Å². The molecule has 2 nitrogen and oxygen atoms in total. The molecule has 2 heterocycles. The zero-order valence-corrected chi connectivity index (χ0v) is 20.4. The van der Waals surface area contributed by atoms with Gasteiger partial charge in [-0.15, -0.1) is 0 Å². The minimum atomic E-state index is -1.54. The molecular weight excluding hydrogens is 474 g/mol. The van der Waals surface area contributed by atoms with Gasteiger partial charge in [0.05, 0.1) is 39.8 Å². The van der Waals surface area contributed by atoms with Gasteiger partial charge in [-0.05, 0) is 58.8 Å². The fourth-order valence-corrected chi connectivity index (χ4v) is 4.94. The number of nitrogens with zero attached hydrogens (tertiary/aromatic N) is 1. The number of ether oxygens (including phenoxy) is 1. The Kier molecular flexibility index (Phi) is 2.02. The van der Waals surface area contributed by atoms with Crippen molar-refractivity contribution in [3.8, 4) is 28.3 Å². The lowest BCUT2D eigenvalue weighted by Crippen LogP contribution is -2.24. The summed E-state index contributed by atoms with van der Waals surface area (Å²) in [6, 6.07) is -15.7. The molecule has 186 valence electrons. The third-order valence-corrected chi connectivity index (χ3v) is 6.81. The molecule has 8 rings (SSSR count). The summed E-state index contributed by atoms with van der Waals surface area (Å²) in [5, 5.41) is -1.87. The average molecular weight is 523 g/mol. The Bertz CT molecular complexity index is 3200. The molecule has 1 aliphatic rings. The summed E-state index contributed by atoms with van der Waals surface area (Å²) >= 11 is 0. The molecule has 0 amide bonds. The van der Waals surface area contributed by atoms with Gasteiger partial charge in [-0.1, -0.05) is 98.4 Å². The molecule has 0 atom stereocenters. The highest BCUT2D eigenvalue weighted by Gasteiger charge is 2.34. The van der Waals surface area contributed by atoms with Gasteiger partial charge in [-0.25, -0.2) is 0 Å². The first-order valence-electron chi connectivity index (χ1n) is 22.3. The Morgan fingerprint density at radius 2 is 1.31 bits per heavy atom. The summed E-state index contributed by atoms with van der Waals surface area (Å²) in [6.45, 7) is 3.01. The van der Waals surface area contributed by atoms with Crippen LogP contribution in [-0.2, 0) is 5.41 Å². The second kappa shape index (κ2) is 8.09. The van der Waals surface area contributed by atoms with Crippen molar-refractivity contribution in [1.29, 1.82) is 0 Å². The molecule has 39 heavy (non-hydrogen) atoms. The summed E-state index contributed by atoms with van der Waals surface area (Å²) in [6.07, 6.45) is 0. The van der Waals surface area contributed by atoms with Crippen LogP contribution >= 0.6 is 0 Å². The smallest absolute Gasteiger partial charge is 0.131 e. The van der Waals surface area contributed by atoms with E-state index >= 15 is 0 Å². The molecule has 0 saturated heterocycles. The van der Waals surface area contributed by atoms with Crippen LogP contribution < -0.4 is 4.74 Å². The van der Waals surface area contributed by atoms with E-state index in [-0.39, 0.29) is 16.9 Å². The summed E-state index contributed by atoms with van der Waals surface area (Å²) in [5.41, 5.74) is -4.60. The third-order valence-electron chi connectivity index (χ3n) is 6.81. The lowest BCUT2D eigenvalue weighted by atomic mass is 9.75. The van der Waals surface area contributed by atoms with E-state index in [1.54, 1.807) is 0 Å². The van der Waals surface area contributed by atoms with E-state index in [1.165, 1.54) is 13.8 Å². The molecule has 0 aliphatic carbocycles. The Labute approximate surface area is 257 Å². The van der Waals surface area contributed by atoms with Gasteiger partial charge in [-0.2, -0.15) is 0 Å². The standard InChI is InChI=1S/C37H27NO/c1-37(2)31-14-8-9-15-34(31)39-35-21-18-26(23-32(35)37)25-17-20-33-30(22-25)29-19-16-24-10-6-7-13-28(24)36(29)38(33)27-11-4-3-5-12-27/h3-23H,1-2H3/i3D,4D,5D,6D,7D,8D,9D,10D,11D,12D,13D,14D,15D,16D,17D,18D,19D,20D,21D,22D,23D. The summed E-state index contributed by atoms with van der Waals surface area (Å²) < 4.78 is 192. The van der Waals surface area contributed by atoms with Gasteiger partial charge in [0.25, 0.3) is 0 Å². The first-order valence-corrected chi connectivity index (χ1v) is 11.8. The minimum Gasteiger partial charge on any atom is -0.457 e. The van der Waals surface area contributed by atoms with Crippen LogP contribution in [0.1, 0.15) is 53.8 Å².